The summed E-state index contributed by atoms with van der Waals surface area (Å²) in [5, 5.41) is 0. The van der Waals surface area contributed by atoms with Crippen LogP contribution < -0.4 is 9.80 Å². The Hall–Kier alpha value is -3.31. The molecule has 1 fully saturated rings. The van der Waals surface area contributed by atoms with E-state index < -0.39 is 5.97 Å². The number of rotatable bonds is 7. The fourth-order valence-electron chi connectivity index (χ4n) is 3.40. The first-order chi connectivity index (χ1) is 15.1. The van der Waals surface area contributed by atoms with Crippen LogP contribution >= 0.6 is 0 Å². The van der Waals surface area contributed by atoms with Gasteiger partial charge in [-0.1, -0.05) is 0 Å². The third-order valence-electron chi connectivity index (χ3n) is 5.08. The van der Waals surface area contributed by atoms with Crippen LogP contribution in [0.4, 0.5) is 11.5 Å². The highest BCUT2D eigenvalue weighted by atomic mass is 16.5. The van der Waals surface area contributed by atoms with Crippen LogP contribution in [0.2, 0.25) is 0 Å². The van der Waals surface area contributed by atoms with Crippen molar-refractivity contribution in [3.63, 3.8) is 0 Å². The molecule has 0 aliphatic carbocycles. The van der Waals surface area contributed by atoms with E-state index in [1.807, 2.05) is 11.9 Å². The number of nitrogens with zero attached hydrogens (tertiary/aromatic N) is 7. The molecule has 11 nitrogen and oxygen atoms in total. The summed E-state index contributed by atoms with van der Waals surface area (Å²) in [5.41, 5.74) is 2.10. The van der Waals surface area contributed by atoms with Gasteiger partial charge in [0.15, 0.2) is 11.5 Å². The van der Waals surface area contributed by atoms with E-state index in [-0.39, 0.29) is 5.69 Å². The van der Waals surface area contributed by atoms with Crippen LogP contribution in [0.3, 0.4) is 0 Å². The minimum atomic E-state index is -0.519. The van der Waals surface area contributed by atoms with Crippen molar-refractivity contribution in [1.82, 2.24) is 24.5 Å². The molecule has 0 bridgehead atoms. The lowest BCUT2D eigenvalue weighted by Crippen LogP contribution is -2.37. The Bertz CT molecular complexity index is 1050. The Labute approximate surface area is 179 Å². The number of aromatic nitrogens is 5. The second-order valence-electron chi connectivity index (χ2n) is 7.05. The number of hydrogen-bond donors (Lipinski definition) is 0. The van der Waals surface area contributed by atoms with Gasteiger partial charge in [-0.15, -0.1) is 0 Å². The Morgan fingerprint density at radius 3 is 2.68 bits per heavy atom. The number of ether oxygens (including phenoxy) is 3. The van der Waals surface area contributed by atoms with Crippen LogP contribution in [0.1, 0.15) is 10.5 Å². The first kappa shape index (κ1) is 20.9. The molecular formula is C20H25N7O4. The summed E-state index contributed by atoms with van der Waals surface area (Å²) in [5.74, 6) is 0.597. The van der Waals surface area contributed by atoms with Gasteiger partial charge in [0, 0.05) is 46.2 Å². The van der Waals surface area contributed by atoms with Crippen molar-refractivity contribution in [2.75, 3.05) is 70.5 Å². The zero-order valence-corrected chi connectivity index (χ0v) is 17.8. The third-order valence-corrected chi connectivity index (χ3v) is 5.08. The van der Waals surface area contributed by atoms with E-state index in [0.717, 1.165) is 5.69 Å². The van der Waals surface area contributed by atoms with Crippen molar-refractivity contribution in [2.24, 2.45) is 0 Å². The van der Waals surface area contributed by atoms with E-state index in [4.69, 9.17) is 24.2 Å². The second kappa shape index (κ2) is 9.23. The zero-order valence-electron chi connectivity index (χ0n) is 17.8. The zero-order chi connectivity index (χ0) is 21.8. The van der Waals surface area contributed by atoms with Crippen LogP contribution in [0.5, 0.6) is 0 Å². The highest BCUT2D eigenvalue weighted by Crippen LogP contribution is 2.31. The van der Waals surface area contributed by atoms with Crippen LogP contribution in [-0.4, -0.2) is 91.2 Å². The summed E-state index contributed by atoms with van der Waals surface area (Å²) in [6.45, 7) is 3.62. The van der Waals surface area contributed by atoms with E-state index >= 15 is 0 Å². The van der Waals surface area contributed by atoms with Gasteiger partial charge in [-0.05, 0) is 6.07 Å². The lowest BCUT2D eigenvalue weighted by atomic mass is 10.2. The summed E-state index contributed by atoms with van der Waals surface area (Å²) in [6.07, 6.45) is 5.11. The van der Waals surface area contributed by atoms with E-state index in [1.165, 1.54) is 7.11 Å². The molecular weight excluding hydrogens is 402 g/mol. The summed E-state index contributed by atoms with van der Waals surface area (Å²) in [7, 11) is 4.90. The highest BCUT2D eigenvalue weighted by Gasteiger charge is 2.24. The minimum absolute atomic E-state index is 0.197. The van der Waals surface area contributed by atoms with Gasteiger partial charge in [0.1, 0.15) is 17.4 Å². The molecule has 0 unspecified atom stereocenters. The maximum absolute atomic E-state index is 12.4. The molecule has 11 heteroatoms. The van der Waals surface area contributed by atoms with E-state index in [2.05, 4.69) is 14.9 Å². The van der Waals surface area contributed by atoms with E-state index in [0.29, 0.717) is 62.3 Å². The van der Waals surface area contributed by atoms with Crippen LogP contribution in [0.25, 0.3) is 17.0 Å². The van der Waals surface area contributed by atoms with Crippen molar-refractivity contribution in [3.05, 3.63) is 30.5 Å². The number of imidazole rings is 1. The molecule has 1 aliphatic heterocycles. The second-order valence-corrected chi connectivity index (χ2v) is 7.05. The van der Waals surface area contributed by atoms with Gasteiger partial charge >= 0.3 is 5.97 Å². The number of likely N-dealkylation sites (N-methyl/N-ethyl adjacent to an activating group) is 1. The summed E-state index contributed by atoms with van der Waals surface area (Å²) in [4.78, 5) is 34.7. The smallest absolute Gasteiger partial charge is 0.356 e. The molecule has 0 spiro atoms. The Kier molecular flexibility index (Phi) is 6.23. The van der Waals surface area contributed by atoms with Gasteiger partial charge in [-0.2, -0.15) is 4.98 Å². The molecule has 1 aliphatic rings. The van der Waals surface area contributed by atoms with Crippen molar-refractivity contribution in [2.45, 2.75) is 0 Å². The molecule has 0 amide bonds. The standard InChI is InChI=1S/C20H25N7O4/c1-25(6-9-29-2)15-12-14(19(28)30-3)22-17-16(15)23-20(27-5-4-21-13-27)24-18(17)26-7-10-31-11-8-26/h4-5,12-13H,6-11H2,1-3H3. The molecule has 31 heavy (non-hydrogen) atoms. The van der Waals surface area contributed by atoms with Crippen LogP contribution in [-0.2, 0) is 14.2 Å². The van der Waals surface area contributed by atoms with Crippen molar-refractivity contribution >= 4 is 28.5 Å². The molecule has 0 atom stereocenters. The first-order valence-corrected chi connectivity index (χ1v) is 9.94. The molecule has 1 saturated heterocycles. The van der Waals surface area contributed by atoms with Crippen molar-refractivity contribution in [1.29, 1.82) is 0 Å². The van der Waals surface area contributed by atoms with Gasteiger partial charge in [0.25, 0.3) is 0 Å². The first-order valence-electron chi connectivity index (χ1n) is 9.94. The number of fused-ring (bicyclic) bond motifs is 1. The average molecular weight is 427 g/mol. The number of carbonyl (C=O) groups is 1. The predicted molar refractivity (Wildman–Crippen MR) is 114 cm³/mol. The number of morpholine rings is 1. The topological polar surface area (TPSA) is 108 Å². The van der Waals surface area contributed by atoms with Gasteiger partial charge < -0.3 is 24.0 Å². The minimum Gasteiger partial charge on any atom is -0.464 e. The Balaban J connectivity index is 1.97. The summed E-state index contributed by atoms with van der Waals surface area (Å²) < 4.78 is 17.4. The molecule has 0 radical (unpaired) electrons. The molecule has 4 rings (SSSR count). The number of carbonyl (C=O) groups excluding carboxylic acids is 1. The van der Waals surface area contributed by atoms with Gasteiger partial charge in [0.05, 0.1) is 32.6 Å². The largest absolute Gasteiger partial charge is 0.464 e. The molecule has 3 aromatic rings. The molecule has 0 aromatic carbocycles. The van der Waals surface area contributed by atoms with Crippen LogP contribution in [0, 0.1) is 0 Å². The fourth-order valence-corrected chi connectivity index (χ4v) is 3.40. The molecule has 3 aromatic heterocycles. The van der Waals surface area contributed by atoms with Gasteiger partial charge in [-0.25, -0.2) is 19.7 Å². The SMILES string of the molecule is COCCN(C)c1cc(C(=O)OC)nc2c(N3CCOCC3)nc(-n3ccnc3)nc12. The van der Waals surface area contributed by atoms with Crippen molar-refractivity contribution < 1.29 is 19.0 Å². The van der Waals surface area contributed by atoms with Crippen molar-refractivity contribution in [3.8, 4) is 5.95 Å². The number of anilines is 2. The number of esters is 1. The fraction of sp³-hybridized carbons (Fsp3) is 0.450. The third kappa shape index (κ3) is 4.28. The Morgan fingerprint density at radius 2 is 2.00 bits per heavy atom. The van der Waals surface area contributed by atoms with Gasteiger partial charge in [0.2, 0.25) is 5.95 Å². The average Bonchev–Trinajstić information content (AvgIpc) is 3.36. The lowest BCUT2D eigenvalue weighted by molar-refractivity contribution is 0.0594. The normalized spacial score (nSPS) is 14.1. The van der Waals surface area contributed by atoms with E-state index in [1.54, 1.807) is 36.5 Å². The number of pyridine rings is 1. The maximum Gasteiger partial charge on any atom is 0.356 e. The number of hydrogen-bond acceptors (Lipinski definition) is 10. The summed E-state index contributed by atoms with van der Waals surface area (Å²) >= 11 is 0. The van der Waals surface area contributed by atoms with Crippen LogP contribution in [0.15, 0.2) is 24.8 Å². The van der Waals surface area contributed by atoms with E-state index in [9.17, 15) is 4.79 Å². The highest BCUT2D eigenvalue weighted by molar-refractivity contribution is 6.00. The summed E-state index contributed by atoms with van der Waals surface area (Å²) in [6, 6.07) is 1.69. The molecule has 164 valence electrons. The van der Waals surface area contributed by atoms with Gasteiger partial charge in [-0.3, -0.25) is 4.57 Å². The molecule has 4 heterocycles. The lowest BCUT2D eigenvalue weighted by Gasteiger charge is -2.29. The Morgan fingerprint density at radius 1 is 1.19 bits per heavy atom. The number of methoxy groups -OCH3 is 2. The monoisotopic (exact) mass is 427 g/mol. The quantitative estimate of drug-likeness (QED) is 0.505. The maximum atomic E-state index is 12.4. The molecule has 0 saturated carbocycles. The predicted octanol–water partition coefficient (Wildman–Crippen LogP) is 0.916. The molecule has 0 N–H and O–H groups in total.